The third kappa shape index (κ3) is 4.33. The van der Waals surface area contributed by atoms with Gasteiger partial charge in [-0.2, -0.15) is 11.8 Å². The number of nitrogens with two attached hydrogens (primary N) is 1. The van der Waals surface area contributed by atoms with Crippen LogP contribution in [0.15, 0.2) is 0 Å². The third-order valence-corrected chi connectivity index (χ3v) is 3.46. The van der Waals surface area contributed by atoms with Gasteiger partial charge in [-0.25, -0.2) is 0 Å². The molecule has 2 unspecified atom stereocenters. The first kappa shape index (κ1) is 10.4. The van der Waals surface area contributed by atoms with E-state index in [1.165, 1.54) is 31.0 Å². The van der Waals surface area contributed by atoms with Gasteiger partial charge in [0.1, 0.15) is 0 Å². The van der Waals surface area contributed by atoms with Crippen molar-refractivity contribution in [2.45, 2.75) is 25.8 Å². The summed E-state index contributed by atoms with van der Waals surface area (Å²) in [7, 11) is 0. The lowest BCUT2D eigenvalue weighted by Crippen LogP contribution is -2.16. The van der Waals surface area contributed by atoms with Crippen LogP contribution in [0.2, 0.25) is 0 Å². The van der Waals surface area contributed by atoms with Crippen LogP contribution in [0.4, 0.5) is 0 Å². The SMILES string of the molecule is CC(N)CCSCC1CCNC1. The normalized spacial score (nSPS) is 26.0. The Balaban J connectivity index is 1.88. The molecule has 0 saturated carbocycles. The average molecular weight is 188 g/mol. The molecule has 0 spiro atoms. The summed E-state index contributed by atoms with van der Waals surface area (Å²) in [6.45, 7) is 4.53. The van der Waals surface area contributed by atoms with E-state index < -0.39 is 0 Å². The number of rotatable bonds is 5. The van der Waals surface area contributed by atoms with Gasteiger partial charge in [0.05, 0.1) is 0 Å². The quantitative estimate of drug-likeness (QED) is 0.634. The van der Waals surface area contributed by atoms with Gasteiger partial charge in [0.25, 0.3) is 0 Å². The van der Waals surface area contributed by atoms with E-state index in [9.17, 15) is 0 Å². The van der Waals surface area contributed by atoms with E-state index in [4.69, 9.17) is 5.73 Å². The van der Waals surface area contributed by atoms with Gasteiger partial charge >= 0.3 is 0 Å². The molecule has 1 aliphatic rings. The Kier molecular flexibility index (Phi) is 5.04. The summed E-state index contributed by atoms with van der Waals surface area (Å²) in [4.78, 5) is 0. The van der Waals surface area contributed by atoms with E-state index in [0.29, 0.717) is 6.04 Å². The second-order valence-electron chi connectivity index (χ2n) is 3.70. The highest BCUT2D eigenvalue weighted by Gasteiger charge is 2.13. The molecule has 1 rings (SSSR count). The Morgan fingerprint density at radius 1 is 1.67 bits per heavy atom. The highest BCUT2D eigenvalue weighted by atomic mass is 32.2. The van der Waals surface area contributed by atoms with Crippen LogP contribution in [0.3, 0.4) is 0 Å². The number of hydrogen-bond donors (Lipinski definition) is 2. The molecule has 2 nitrogen and oxygen atoms in total. The van der Waals surface area contributed by atoms with Crippen molar-refractivity contribution in [3.8, 4) is 0 Å². The van der Waals surface area contributed by atoms with Crippen LogP contribution in [0.5, 0.6) is 0 Å². The molecule has 1 aliphatic heterocycles. The lowest BCUT2D eigenvalue weighted by atomic mass is 10.2. The molecule has 0 aromatic carbocycles. The molecule has 0 aromatic rings. The summed E-state index contributed by atoms with van der Waals surface area (Å²) in [6, 6.07) is 0.374. The first-order valence-corrected chi connectivity index (χ1v) is 5.98. The van der Waals surface area contributed by atoms with Gasteiger partial charge in [-0.15, -0.1) is 0 Å². The summed E-state index contributed by atoms with van der Waals surface area (Å²) in [5.74, 6) is 3.47. The highest BCUT2D eigenvalue weighted by molar-refractivity contribution is 7.99. The Hall–Kier alpha value is 0.270. The zero-order valence-corrected chi connectivity index (χ0v) is 8.70. The minimum atomic E-state index is 0.374. The Bertz CT molecular complexity index is 111. The van der Waals surface area contributed by atoms with Gasteiger partial charge in [-0.3, -0.25) is 0 Å². The van der Waals surface area contributed by atoms with E-state index in [-0.39, 0.29) is 0 Å². The van der Waals surface area contributed by atoms with Gasteiger partial charge in [0, 0.05) is 6.04 Å². The van der Waals surface area contributed by atoms with Crippen molar-refractivity contribution >= 4 is 11.8 Å². The van der Waals surface area contributed by atoms with Crippen LogP contribution >= 0.6 is 11.8 Å². The zero-order chi connectivity index (χ0) is 8.81. The minimum absolute atomic E-state index is 0.374. The fourth-order valence-corrected chi connectivity index (χ4v) is 2.70. The fraction of sp³-hybridized carbons (Fsp3) is 1.00. The minimum Gasteiger partial charge on any atom is -0.328 e. The molecule has 1 heterocycles. The van der Waals surface area contributed by atoms with Crippen molar-refractivity contribution in [2.24, 2.45) is 11.7 Å². The molecule has 0 bridgehead atoms. The molecule has 0 amide bonds. The van der Waals surface area contributed by atoms with Crippen molar-refractivity contribution in [3.05, 3.63) is 0 Å². The number of thioether (sulfide) groups is 1. The van der Waals surface area contributed by atoms with Crippen molar-refractivity contribution < 1.29 is 0 Å². The highest BCUT2D eigenvalue weighted by Crippen LogP contribution is 2.15. The Morgan fingerprint density at radius 2 is 2.50 bits per heavy atom. The Morgan fingerprint density at radius 3 is 3.08 bits per heavy atom. The van der Waals surface area contributed by atoms with Crippen LogP contribution in [0, 0.1) is 5.92 Å². The van der Waals surface area contributed by atoms with Crippen molar-refractivity contribution in [1.29, 1.82) is 0 Å². The van der Waals surface area contributed by atoms with Crippen LogP contribution in [0.25, 0.3) is 0 Å². The lowest BCUT2D eigenvalue weighted by Gasteiger charge is -2.08. The molecule has 3 N–H and O–H groups in total. The maximum atomic E-state index is 5.66. The van der Waals surface area contributed by atoms with E-state index >= 15 is 0 Å². The predicted molar refractivity (Wildman–Crippen MR) is 56.6 cm³/mol. The second-order valence-corrected chi connectivity index (χ2v) is 4.85. The van der Waals surface area contributed by atoms with E-state index in [1.807, 2.05) is 0 Å². The standard InChI is InChI=1S/C9H20N2S/c1-8(10)3-5-12-7-9-2-4-11-6-9/h8-9,11H,2-7,10H2,1H3. The summed E-state index contributed by atoms with van der Waals surface area (Å²) in [5, 5.41) is 3.38. The molecule has 2 atom stereocenters. The molecule has 72 valence electrons. The van der Waals surface area contributed by atoms with Crippen molar-refractivity contribution in [3.63, 3.8) is 0 Å². The third-order valence-electron chi connectivity index (χ3n) is 2.23. The van der Waals surface area contributed by atoms with E-state index in [2.05, 4.69) is 24.0 Å². The molecule has 3 heteroatoms. The van der Waals surface area contributed by atoms with Crippen LogP contribution < -0.4 is 11.1 Å². The molecule has 1 saturated heterocycles. The molecule has 1 fully saturated rings. The molecular weight excluding hydrogens is 168 g/mol. The first-order chi connectivity index (χ1) is 5.79. The van der Waals surface area contributed by atoms with Crippen molar-refractivity contribution in [1.82, 2.24) is 5.32 Å². The maximum absolute atomic E-state index is 5.66. The average Bonchev–Trinajstić information content (AvgIpc) is 2.49. The number of nitrogens with one attached hydrogen (secondary N) is 1. The summed E-state index contributed by atoms with van der Waals surface area (Å²) >= 11 is 2.06. The predicted octanol–water partition coefficient (Wildman–Crippen LogP) is 1.07. The Labute approximate surface area is 79.7 Å². The van der Waals surface area contributed by atoms with Crippen molar-refractivity contribution in [2.75, 3.05) is 24.6 Å². The van der Waals surface area contributed by atoms with Crippen LogP contribution in [-0.2, 0) is 0 Å². The zero-order valence-electron chi connectivity index (χ0n) is 7.88. The molecular formula is C9H20N2S. The van der Waals surface area contributed by atoms with Gasteiger partial charge in [0.2, 0.25) is 0 Å². The van der Waals surface area contributed by atoms with Gasteiger partial charge < -0.3 is 11.1 Å². The molecule has 0 aromatic heterocycles. The number of hydrogen-bond acceptors (Lipinski definition) is 3. The van der Waals surface area contributed by atoms with Gasteiger partial charge in [0.15, 0.2) is 0 Å². The van der Waals surface area contributed by atoms with Gasteiger partial charge in [-0.1, -0.05) is 0 Å². The largest absolute Gasteiger partial charge is 0.328 e. The van der Waals surface area contributed by atoms with Crippen LogP contribution in [-0.4, -0.2) is 30.6 Å². The smallest absolute Gasteiger partial charge is 0.00183 e. The molecule has 12 heavy (non-hydrogen) atoms. The molecule has 0 aliphatic carbocycles. The fourth-order valence-electron chi connectivity index (χ4n) is 1.38. The maximum Gasteiger partial charge on any atom is 0.00183 e. The summed E-state index contributed by atoms with van der Waals surface area (Å²) in [5.41, 5.74) is 5.66. The molecule has 0 radical (unpaired) electrons. The van der Waals surface area contributed by atoms with E-state index in [1.54, 1.807) is 0 Å². The lowest BCUT2D eigenvalue weighted by molar-refractivity contribution is 0.660. The second kappa shape index (κ2) is 5.84. The van der Waals surface area contributed by atoms with Crippen LogP contribution in [0.1, 0.15) is 19.8 Å². The topological polar surface area (TPSA) is 38.0 Å². The first-order valence-electron chi connectivity index (χ1n) is 4.83. The summed E-state index contributed by atoms with van der Waals surface area (Å²) < 4.78 is 0. The van der Waals surface area contributed by atoms with Gasteiger partial charge in [-0.05, 0) is 50.3 Å². The summed E-state index contributed by atoms with van der Waals surface area (Å²) in [6.07, 6.45) is 2.52. The van der Waals surface area contributed by atoms with E-state index in [0.717, 1.165) is 12.3 Å². The monoisotopic (exact) mass is 188 g/mol.